The van der Waals surface area contributed by atoms with Crippen LogP contribution < -0.4 is 20.5 Å². The first kappa shape index (κ1) is 13.9. The van der Waals surface area contributed by atoms with E-state index in [1.807, 2.05) is 0 Å². The van der Waals surface area contributed by atoms with E-state index in [0.29, 0.717) is 17.2 Å². The van der Waals surface area contributed by atoms with Gasteiger partial charge >= 0.3 is 0 Å². The molecule has 0 amide bonds. The number of ether oxygens (including phenoxy) is 2. The molecule has 0 saturated carbocycles. The van der Waals surface area contributed by atoms with Crippen molar-refractivity contribution in [1.82, 2.24) is 0 Å². The molecule has 6 heteroatoms. The normalized spacial score (nSPS) is 10.2. The molecule has 0 radical (unpaired) electrons. The van der Waals surface area contributed by atoms with E-state index in [4.69, 9.17) is 15.2 Å². The number of anilines is 3. The standard InChI is InChI=1S/C14H14F2N2O2/c1-19-12-4-3-9(7-13(12)20-2)18-14-10(15)5-8(17)6-11(14)16/h3-7,18H,17H2,1-2H3. The molecule has 20 heavy (non-hydrogen) atoms. The van der Waals surface area contributed by atoms with Crippen LogP contribution in [-0.2, 0) is 0 Å². The zero-order valence-electron chi connectivity index (χ0n) is 11.0. The molecule has 0 aliphatic heterocycles. The second kappa shape index (κ2) is 5.64. The van der Waals surface area contributed by atoms with E-state index in [-0.39, 0.29) is 11.4 Å². The highest BCUT2D eigenvalue weighted by Crippen LogP contribution is 2.32. The number of halogens is 2. The van der Waals surface area contributed by atoms with Gasteiger partial charge in [-0.25, -0.2) is 8.78 Å². The Hall–Kier alpha value is -2.50. The lowest BCUT2D eigenvalue weighted by molar-refractivity contribution is 0.355. The molecule has 0 aromatic heterocycles. The summed E-state index contributed by atoms with van der Waals surface area (Å²) < 4.78 is 37.6. The Morgan fingerprint density at radius 3 is 2.10 bits per heavy atom. The van der Waals surface area contributed by atoms with Gasteiger partial charge in [0.05, 0.1) is 14.2 Å². The van der Waals surface area contributed by atoms with Gasteiger partial charge in [0.15, 0.2) is 23.1 Å². The highest BCUT2D eigenvalue weighted by Gasteiger charge is 2.12. The van der Waals surface area contributed by atoms with Crippen LogP contribution in [0.2, 0.25) is 0 Å². The van der Waals surface area contributed by atoms with Crippen molar-refractivity contribution in [2.24, 2.45) is 0 Å². The molecule has 0 fully saturated rings. The fraction of sp³-hybridized carbons (Fsp3) is 0.143. The van der Waals surface area contributed by atoms with Crippen LogP contribution in [-0.4, -0.2) is 14.2 Å². The van der Waals surface area contributed by atoms with Crippen LogP contribution in [0.3, 0.4) is 0 Å². The lowest BCUT2D eigenvalue weighted by atomic mass is 10.2. The molecule has 0 bridgehead atoms. The van der Waals surface area contributed by atoms with E-state index in [1.54, 1.807) is 18.2 Å². The van der Waals surface area contributed by atoms with Crippen LogP contribution in [0.4, 0.5) is 25.8 Å². The van der Waals surface area contributed by atoms with Crippen molar-refractivity contribution in [3.63, 3.8) is 0 Å². The maximum atomic E-state index is 13.7. The third-order valence-electron chi connectivity index (χ3n) is 2.72. The van der Waals surface area contributed by atoms with Gasteiger partial charge in [0.1, 0.15) is 5.69 Å². The number of rotatable bonds is 4. The number of nitrogens with one attached hydrogen (secondary N) is 1. The van der Waals surface area contributed by atoms with E-state index < -0.39 is 11.6 Å². The molecule has 0 saturated heterocycles. The molecule has 0 heterocycles. The number of methoxy groups -OCH3 is 2. The van der Waals surface area contributed by atoms with Crippen molar-refractivity contribution >= 4 is 17.1 Å². The van der Waals surface area contributed by atoms with Crippen molar-refractivity contribution in [2.45, 2.75) is 0 Å². The minimum Gasteiger partial charge on any atom is -0.493 e. The SMILES string of the molecule is COc1ccc(Nc2c(F)cc(N)cc2F)cc1OC. The monoisotopic (exact) mass is 280 g/mol. The summed E-state index contributed by atoms with van der Waals surface area (Å²) in [6, 6.07) is 6.93. The average Bonchev–Trinajstić information content (AvgIpc) is 2.42. The molecule has 0 atom stereocenters. The highest BCUT2D eigenvalue weighted by molar-refractivity contribution is 5.66. The van der Waals surface area contributed by atoms with Crippen molar-refractivity contribution in [2.75, 3.05) is 25.3 Å². The number of nitrogen functional groups attached to an aromatic ring is 1. The van der Waals surface area contributed by atoms with Gasteiger partial charge in [-0.05, 0) is 24.3 Å². The minimum atomic E-state index is -0.766. The largest absolute Gasteiger partial charge is 0.493 e. The van der Waals surface area contributed by atoms with E-state index >= 15 is 0 Å². The van der Waals surface area contributed by atoms with Gasteiger partial charge in [0, 0.05) is 17.4 Å². The van der Waals surface area contributed by atoms with E-state index in [2.05, 4.69) is 5.32 Å². The maximum Gasteiger partial charge on any atom is 0.162 e. The van der Waals surface area contributed by atoms with Crippen LogP contribution in [0.25, 0.3) is 0 Å². The Morgan fingerprint density at radius 2 is 1.55 bits per heavy atom. The predicted octanol–water partition coefficient (Wildman–Crippen LogP) is 3.31. The molecular weight excluding hydrogens is 266 g/mol. The molecule has 2 aromatic rings. The maximum absolute atomic E-state index is 13.7. The van der Waals surface area contributed by atoms with E-state index in [1.165, 1.54) is 14.2 Å². The predicted molar refractivity (Wildman–Crippen MR) is 73.6 cm³/mol. The van der Waals surface area contributed by atoms with Crippen molar-refractivity contribution in [3.8, 4) is 11.5 Å². The molecule has 0 unspecified atom stereocenters. The average molecular weight is 280 g/mol. The van der Waals surface area contributed by atoms with E-state index in [0.717, 1.165) is 12.1 Å². The molecule has 3 N–H and O–H groups in total. The summed E-state index contributed by atoms with van der Waals surface area (Å²) in [5.74, 6) is -0.556. The fourth-order valence-corrected chi connectivity index (χ4v) is 1.77. The third kappa shape index (κ3) is 2.74. The number of hydrogen-bond acceptors (Lipinski definition) is 4. The third-order valence-corrected chi connectivity index (χ3v) is 2.72. The Balaban J connectivity index is 2.35. The van der Waals surface area contributed by atoms with E-state index in [9.17, 15) is 8.78 Å². The summed E-state index contributed by atoms with van der Waals surface area (Å²) in [4.78, 5) is 0. The van der Waals surface area contributed by atoms with Crippen molar-refractivity contribution < 1.29 is 18.3 Å². The Morgan fingerprint density at radius 1 is 0.950 bits per heavy atom. The lowest BCUT2D eigenvalue weighted by Gasteiger charge is -2.12. The first-order valence-electron chi connectivity index (χ1n) is 5.78. The first-order chi connectivity index (χ1) is 9.55. The van der Waals surface area contributed by atoms with Crippen LogP contribution in [0.15, 0.2) is 30.3 Å². The molecule has 2 aromatic carbocycles. The summed E-state index contributed by atoms with van der Waals surface area (Å²) in [6.45, 7) is 0. The van der Waals surface area contributed by atoms with Gasteiger partial charge in [-0.15, -0.1) is 0 Å². The van der Waals surface area contributed by atoms with Gasteiger partial charge < -0.3 is 20.5 Å². The second-order valence-corrected chi connectivity index (χ2v) is 4.05. The first-order valence-corrected chi connectivity index (χ1v) is 5.78. The minimum absolute atomic E-state index is 0.0258. The zero-order chi connectivity index (χ0) is 14.7. The molecule has 0 aliphatic carbocycles. The Bertz CT molecular complexity index is 610. The van der Waals surface area contributed by atoms with Crippen molar-refractivity contribution in [3.05, 3.63) is 42.0 Å². The smallest absolute Gasteiger partial charge is 0.162 e. The van der Waals surface area contributed by atoms with Gasteiger partial charge in [0.2, 0.25) is 0 Å². The van der Waals surface area contributed by atoms with Crippen LogP contribution >= 0.6 is 0 Å². The molecule has 0 spiro atoms. The Kier molecular flexibility index (Phi) is 3.93. The van der Waals surface area contributed by atoms with Crippen LogP contribution in [0, 0.1) is 11.6 Å². The quantitative estimate of drug-likeness (QED) is 0.844. The summed E-state index contributed by atoms with van der Waals surface area (Å²) in [7, 11) is 2.98. The number of hydrogen-bond donors (Lipinski definition) is 2. The van der Waals surface area contributed by atoms with Gasteiger partial charge in [-0.2, -0.15) is 0 Å². The molecule has 0 aliphatic rings. The fourth-order valence-electron chi connectivity index (χ4n) is 1.77. The summed E-state index contributed by atoms with van der Waals surface area (Å²) in [5, 5.41) is 2.65. The molecule has 4 nitrogen and oxygen atoms in total. The summed E-state index contributed by atoms with van der Waals surface area (Å²) in [6.07, 6.45) is 0. The van der Waals surface area contributed by atoms with Gasteiger partial charge in [0.25, 0.3) is 0 Å². The van der Waals surface area contributed by atoms with Gasteiger partial charge in [-0.3, -0.25) is 0 Å². The molecule has 106 valence electrons. The second-order valence-electron chi connectivity index (χ2n) is 4.05. The summed E-state index contributed by atoms with van der Waals surface area (Å²) >= 11 is 0. The Labute approximate surface area is 115 Å². The highest BCUT2D eigenvalue weighted by atomic mass is 19.1. The summed E-state index contributed by atoms with van der Waals surface area (Å²) in [5.41, 5.74) is 5.58. The van der Waals surface area contributed by atoms with Gasteiger partial charge in [-0.1, -0.05) is 0 Å². The number of nitrogens with two attached hydrogens (primary N) is 1. The topological polar surface area (TPSA) is 56.5 Å². The number of benzene rings is 2. The van der Waals surface area contributed by atoms with Crippen molar-refractivity contribution in [1.29, 1.82) is 0 Å². The molecular formula is C14H14F2N2O2. The zero-order valence-corrected chi connectivity index (χ0v) is 11.0. The van der Waals surface area contributed by atoms with Crippen LogP contribution in [0.1, 0.15) is 0 Å². The molecule has 2 rings (SSSR count). The lowest BCUT2D eigenvalue weighted by Crippen LogP contribution is -2.00. The van der Waals surface area contributed by atoms with Crippen LogP contribution in [0.5, 0.6) is 11.5 Å².